The number of fused-ring (bicyclic) bond motifs is 1. The number of amides is 2. The molecule has 23 heavy (non-hydrogen) atoms. The van der Waals surface area contributed by atoms with E-state index in [0.717, 1.165) is 24.8 Å². The molecule has 1 atom stereocenters. The van der Waals surface area contributed by atoms with Gasteiger partial charge in [-0.15, -0.1) is 22.7 Å². The predicted molar refractivity (Wildman–Crippen MR) is 93.9 cm³/mol. The fourth-order valence-electron chi connectivity index (χ4n) is 2.16. The van der Waals surface area contributed by atoms with Gasteiger partial charge < -0.3 is 15.7 Å². The number of rotatable bonds is 5. The molecule has 1 unspecified atom stereocenters. The molecule has 120 valence electrons. The van der Waals surface area contributed by atoms with E-state index < -0.39 is 6.10 Å². The number of aliphatic hydroxyl groups excluding tert-OH is 1. The van der Waals surface area contributed by atoms with E-state index in [2.05, 4.69) is 15.6 Å². The van der Waals surface area contributed by atoms with Crippen molar-refractivity contribution >= 4 is 38.8 Å². The molecule has 0 spiro atoms. The number of carbonyl (C=O) groups is 1. The Balaban J connectivity index is 1.49. The highest BCUT2D eigenvalue weighted by Crippen LogP contribution is 2.29. The number of thiazole rings is 1. The molecule has 3 N–H and O–H groups in total. The van der Waals surface area contributed by atoms with Crippen LogP contribution in [0.1, 0.15) is 20.9 Å². The number of carbonyl (C=O) groups excluding carboxylic acids is 1. The molecule has 5 nitrogen and oxygen atoms in total. The van der Waals surface area contributed by atoms with Gasteiger partial charge in [0.25, 0.3) is 0 Å². The first-order chi connectivity index (χ1) is 11.1. The molecule has 0 aliphatic carbocycles. The highest BCUT2D eigenvalue weighted by atomic mass is 32.1. The molecular formula is C16H17N3O2S2. The Bertz CT molecular complexity index is 779. The second-order valence-electron chi connectivity index (χ2n) is 5.13. The monoisotopic (exact) mass is 347 g/mol. The van der Waals surface area contributed by atoms with Gasteiger partial charge in [-0.25, -0.2) is 9.78 Å². The SMILES string of the molecule is Cc1cnc(CNC(=O)NCC(O)c2cc3ccccc3s2)s1. The molecule has 7 heteroatoms. The Kier molecular flexibility index (Phi) is 4.90. The topological polar surface area (TPSA) is 74.2 Å². The lowest BCUT2D eigenvalue weighted by Gasteiger charge is -2.10. The molecular weight excluding hydrogens is 330 g/mol. The van der Waals surface area contributed by atoms with Crippen LogP contribution in [0.25, 0.3) is 10.1 Å². The van der Waals surface area contributed by atoms with Crippen molar-refractivity contribution in [3.8, 4) is 0 Å². The van der Waals surface area contributed by atoms with Crippen molar-refractivity contribution < 1.29 is 9.90 Å². The lowest BCUT2D eigenvalue weighted by Crippen LogP contribution is -2.37. The third-order valence-corrected chi connectivity index (χ3v) is 5.43. The summed E-state index contributed by atoms with van der Waals surface area (Å²) in [7, 11) is 0. The summed E-state index contributed by atoms with van der Waals surface area (Å²) in [6, 6.07) is 9.63. The standard InChI is InChI=1S/C16H17N3O2S2/c1-10-7-17-15(22-10)9-19-16(21)18-8-12(20)14-6-11-4-2-3-5-13(11)23-14/h2-7,12,20H,8-9H2,1H3,(H2,18,19,21). The molecule has 0 bridgehead atoms. The van der Waals surface area contributed by atoms with Crippen LogP contribution in [0.2, 0.25) is 0 Å². The summed E-state index contributed by atoms with van der Waals surface area (Å²) in [5, 5.41) is 17.6. The number of thiophene rings is 1. The van der Waals surface area contributed by atoms with E-state index in [1.807, 2.05) is 37.3 Å². The number of hydrogen-bond acceptors (Lipinski definition) is 5. The quantitative estimate of drug-likeness (QED) is 0.663. The van der Waals surface area contributed by atoms with Gasteiger partial charge in [0.1, 0.15) is 11.1 Å². The van der Waals surface area contributed by atoms with Crippen LogP contribution in [0.4, 0.5) is 4.79 Å². The number of nitrogens with one attached hydrogen (secondary N) is 2. The van der Waals surface area contributed by atoms with Crippen molar-refractivity contribution in [3.63, 3.8) is 0 Å². The fraction of sp³-hybridized carbons (Fsp3) is 0.250. The molecule has 0 aliphatic heterocycles. The van der Waals surface area contributed by atoms with Crippen molar-refractivity contribution in [2.24, 2.45) is 0 Å². The largest absolute Gasteiger partial charge is 0.386 e. The highest BCUT2D eigenvalue weighted by Gasteiger charge is 2.12. The van der Waals surface area contributed by atoms with E-state index in [9.17, 15) is 9.90 Å². The Labute approximate surface area is 142 Å². The number of nitrogens with zero attached hydrogens (tertiary/aromatic N) is 1. The molecule has 2 amide bonds. The maximum atomic E-state index is 11.8. The normalized spacial score (nSPS) is 12.3. The summed E-state index contributed by atoms with van der Waals surface area (Å²) in [5.41, 5.74) is 0. The maximum absolute atomic E-state index is 11.8. The summed E-state index contributed by atoms with van der Waals surface area (Å²) in [4.78, 5) is 17.9. The maximum Gasteiger partial charge on any atom is 0.315 e. The lowest BCUT2D eigenvalue weighted by molar-refractivity contribution is 0.176. The van der Waals surface area contributed by atoms with E-state index in [-0.39, 0.29) is 12.6 Å². The zero-order chi connectivity index (χ0) is 16.2. The third kappa shape index (κ3) is 4.07. The van der Waals surface area contributed by atoms with Crippen LogP contribution in [0, 0.1) is 6.92 Å². The first-order valence-corrected chi connectivity index (χ1v) is 8.84. The summed E-state index contributed by atoms with van der Waals surface area (Å²) in [6.07, 6.45) is 1.07. The van der Waals surface area contributed by atoms with E-state index in [0.29, 0.717) is 6.54 Å². The van der Waals surface area contributed by atoms with Crippen molar-refractivity contribution in [1.82, 2.24) is 15.6 Å². The minimum atomic E-state index is -0.708. The number of urea groups is 1. The first-order valence-electron chi connectivity index (χ1n) is 7.21. The van der Waals surface area contributed by atoms with Gasteiger partial charge in [0.05, 0.1) is 13.1 Å². The molecule has 3 rings (SSSR count). The molecule has 0 saturated heterocycles. The van der Waals surface area contributed by atoms with Crippen LogP contribution in [-0.4, -0.2) is 22.7 Å². The molecule has 0 saturated carbocycles. The number of aliphatic hydroxyl groups is 1. The Morgan fingerprint density at radius 3 is 2.87 bits per heavy atom. The molecule has 2 aromatic heterocycles. The third-order valence-electron chi connectivity index (χ3n) is 3.30. The lowest BCUT2D eigenvalue weighted by atomic mass is 10.2. The second-order valence-corrected chi connectivity index (χ2v) is 7.57. The highest BCUT2D eigenvalue weighted by molar-refractivity contribution is 7.19. The average molecular weight is 347 g/mol. The second kappa shape index (κ2) is 7.08. The summed E-state index contributed by atoms with van der Waals surface area (Å²) >= 11 is 3.09. The van der Waals surface area contributed by atoms with Gasteiger partial charge in [-0.2, -0.15) is 0 Å². The van der Waals surface area contributed by atoms with Crippen LogP contribution in [0.3, 0.4) is 0 Å². The van der Waals surface area contributed by atoms with Gasteiger partial charge in [0, 0.05) is 20.7 Å². The first kappa shape index (κ1) is 15.9. The van der Waals surface area contributed by atoms with Gasteiger partial charge in [0.2, 0.25) is 0 Å². The number of benzene rings is 1. The van der Waals surface area contributed by atoms with Crippen molar-refractivity contribution in [2.75, 3.05) is 6.54 Å². The predicted octanol–water partition coefficient (Wildman–Crippen LogP) is 3.20. The number of aromatic nitrogens is 1. The van der Waals surface area contributed by atoms with Crippen LogP contribution >= 0.6 is 22.7 Å². The molecule has 3 aromatic rings. The smallest absolute Gasteiger partial charge is 0.315 e. The van der Waals surface area contributed by atoms with Gasteiger partial charge in [0.15, 0.2) is 0 Å². The van der Waals surface area contributed by atoms with Crippen molar-refractivity contribution in [3.05, 3.63) is 51.3 Å². The molecule has 0 aliphatic rings. The van der Waals surface area contributed by atoms with Crippen molar-refractivity contribution in [2.45, 2.75) is 19.6 Å². The van der Waals surface area contributed by atoms with Crippen molar-refractivity contribution in [1.29, 1.82) is 0 Å². The minimum absolute atomic E-state index is 0.176. The van der Waals surface area contributed by atoms with Gasteiger partial charge >= 0.3 is 6.03 Å². The Morgan fingerprint density at radius 1 is 1.30 bits per heavy atom. The Hall–Kier alpha value is -1.96. The summed E-state index contributed by atoms with van der Waals surface area (Å²) in [6.45, 7) is 2.54. The van der Waals surface area contributed by atoms with E-state index >= 15 is 0 Å². The Morgan fingerprint density at radius 2 is 2.13 bits per heavy atom. The summed E-state index contributed by atoms with van der Waals surface area (Å²) < 4.78 is 1.13. The van der Waals surface area contributed by atoms with Crippen LogP contribution in [0.15, 0.2) is 36.5 Å². The average Bonchev–Trinajstić information content (AvgIpc) is 3.16. The minimum Gasteiger partial charge on any atom is -0.386 e. The van der Waals surface area contributed by atoms with E-state index in [1.54, 1.807) is 17.5 Å². The fourth-order valence-corrected chi connectivity index (χ4v) is 3.94. The van der Waals surface area contributed by atoms with Gasteiger partial charge in [-0.05, 0) is 24.4 Å². The van der Waals surface area contributed by atoms with Crippen LogP contribution < -0.4 is 10.6 Å². The molecule has 2 heterocycles. The zero-order valence-corrected chi connectivity index (χ0v) is 14.2. The van der Waals surface area contributed by atoms with E-state index in [1.165, 1.54) is 11.3 Å². The zero-order valence-electron chi connectivity index (χ0n) is 12.6. The molecule has 0 fully saturated rings. The van der Waals surface area contributed by atoms with Gasteiger partial charge in [-0.1, -0.05) is 18.2 Å². The molecule has 0 radical (unpaired) electrons. The summed E-state index contributed by atoms with van der Waals surface area (Å²) in [5.74, 6) is 0. The van der Waals surface area contributed by atoms with Gasteiger partial charge in [-0.3, -0.25) is 0 Å². The van der Waals surface area contributed by atoms with E-state index in [4.69, 9.17) is 0 Å². The van der Waals surface area contributed by atoms with Crippen LogP contribution in [-0.2, 0) is 6.54 Å². The molecule has 1 aromatic carbocycles. The number of aryl methyl sites for hydroxylation is 1. The van der Waals surface area contributed by atoms with Crippen LogP contribution in [0.5, 0.6) is 0 Å². The number of hydrogen-bond donors (Lipinski definition) is 3.